The van der Waals surface area contributed by atoms with Crippen LogP contribution in [-0.2, 0) is 16.6 Å². The van der Waals surface area contributed by atoms with Gasteiger partial charge in [0.25, 0.3) is 0 Å². The third kappa shape index (κ3) is 4.00. The van der Waals surface area contributed by atoms with E-state index in [4.69, 9.17) is 11.1 Å². The van der Waals surface area contributed by atoms with Crippen LogP contribution in [0.4, 0.5) is 4.39 Å². The van der Waals surface area contributed by atoms with E-state index >= 15 is 0 Å². The smallest absolute Gasteiger partial charge is 0.212 e. The maximum absolute atomic E-state index is 13.7. The average Bonchev–Trinajstić information content (AvgIpc) is 3.10. The fourth-order valence-corrected chi connectivity index (χ4v) is 3.15. The Balaban J connectivity index is 2.01. The predicted octanol–water partition coefficient (Wildman–Crippen LogP) is 0.939. The second-order valence-electron chi connectivity index (χ2n) is 4.77. The van der Waals surface area contributed by atoms with Crippen molar-refractivity contribution in [1.82, 2.24) is 4.72 Å². The second-order valence-corrected chi connectivity index (χ2v) is 6.62. The molecular formula is C12H16FN3O2S. The molecule has 104 valence electrons. The second kappa shape index (κ2) is 5.26. The van der Waals surface area contributed by atoms with Crippen molar-refractivity contribution in [2.24, 2.45) is 11.7 Å². The highest BCUT2D eigenvalue weighted by molar-refractivity contribution is 7.89. The average molecular weight is 285 g/mol. The molecule has 19 heavy (non-hydrogen) atoms. The number of nitrogens with one attached hydrogen (secondary N) is 2. The van der Waals surface area contributed by atoms with Crippen molar-refractivity contribution in [3.05, 3.63) is 35.1 Å². The van der Waals surface area contributed by atoms with Crippen LogP contribution in [0.15, 0.2) is 18.2 Å². The van der Waals surface area contributed by atoms with E-state index in [1.807, 2.05) is 0 Å². The molecule has 0 aliphatic heterocycles. The molecule has 2 rings (SSSR count). The summed E-state index contributed by atoms with van der Waals surface area (Å²) < 4.78 is 39.4. The monoisotopic (exact) mass is 285 g/mol. The molecule has 0 atom stereocenters. The number of nitrogens with two attached hydrogens (primary N) is 1. The van der Waals surface area contributed by atoms with Crippen LogP contribution in [0.5, 0.6) is 0 Å². The number of hydrogen-bond acceptors (Lipinski definition) is 3. The summed E-state index contributed by atoms with van der Waals surface area (Å²) in [6.45, 7) is -0.0843. The Labute approximate surface area is 111 Å². The molecule has 1 aliphatic rings. The first-order valence-electron chi connectivity index (χ1n) is 5.97. The van der Waals surface area contributed by atoms with Crippen LogP contribution < -0.4 is 10.5 Å². The van der Waals surface area contributed by atoms with Gasteiger partial charge in [0, 0.05) is 17.7 Å². The fraction of sp³-hybridized carbons (Fsp3) is 0.417. The van der Waals surface area contributed by atoms with E-state index in [9.17, 15) is 12.8 Å². The van der Waals surface area contributed by atoms with Gasteiger partial charge in [-0.3, -0.25) is 5.41 Å². The van der Waals surface area contributed by atoms with Crippen molar-refractivity contribution in [1.29, 1.82) is 5.41 Å². The molecule has 7 heteroatoms. The normalized spacial score (nSPS) is 15.4. The lowest BCUT2D eigenvalue weighted by Crippen LogP contribution is -2.27. The molecule has 0 saturated heterocycles. The molecule has 1 aromatic carbocycles. The molecule has 0 unspecified atom stereocenters. The highest BCUT2D eigenvalue weighted by atomic mass is 32.2. The summed E-state index contributed by atoms with van der Waals surface area (Å²) >= 11 is 0. The molecule has 1 fully saturated rings. The highest BCUT2D eigenvalue weighted by Crippen LogP contribution is 2.30. The molecule has 4 N–H and O–H groups in total. The van der Waals surface area contributed by atoms with Gasteiger partial charge in [0.1, 0.15) is 11.7 Å². The van der Waals surface area contributed by atoms with Gasteiger partial charge in [0.15, 0.2) is 0 Å². The Morgan fingerprint density at radius 1 is 1.47 bits per heavy atom. The Hall–Kier alpha value is -1.47. The topological polar surface area (TPSA) is 96.0 Å². The van der Waals surface area contributed by atoms with Crippen LogP contribution in [-0.4, -0.2) is 20.0 Å². The van der Waals surface area contributed by atoms with Gasteiger partial charge in [-0.25, -0.2) is 17.5 Å². The van der Waals surface area contributed by atoms with Crippen LogP contribution in [0, 0.1) is 17.1 Å². The molecule has 1 aliphatic carbocycles. The Bertz CT molecular complexity index is 597. The van der Waals surface area contributed by atoms with E-state index in [1.54, 1.807) is 0 Å². The minimum absolute atomic E-state index is 0.0843. The lowest BCUT2D eigenvalue weighted by Gasteiger charge is -2.08. The first-order valence-corrected chi connectivity index (χ1v) is 7.63. The molecule has 1 saturated carbocycles. The summed E-state index contributed by atoms with van der Waals surface area (Å²) in [6, 6.07) is 4.06. The van der Waals surface area contributed by atoms with Gasteiger partial charge in [0.2, 0.25) is 10.0 Å². The van der Waals surface area contributed by atoms with Crippen LogP contribution in [0.3, 0.4) is 0 Å². The van der Waals surface area contributed by atoms with Crippen molar-refractivity contribution < 1.29 is 12.8 Å². The van der Waals surface area contributed by atoms with Gasteiger partial charge in [-0.05, 0) is 24.8 Å². The molecule has 0 amide bonds. The Morgan fingerprint density at radius 3 is 2.68 bits per heavy atom. The molecule has 0 bridgehead atoms. The van der Waals surface area contributed by atoms with E-state index < -0.39 is 15.8 Å². The van der Waals surface area contributed by atoms with Gasteiger partial charge in [-0.15, -0.1) is 0 Å². The van der Waals surface area contributed by atoms with Crippen molar-refractivity contribution in [2.45, 2.75) is 19.4 Å². The fourth-order valence-electron chi connectivity index (χ4n) is 1.70. The number of hydrogen-bond donors (Lipinski definition) is 3. The number of rotatable bonds is 6. The maximum atomic E-state index is 13.7. The maximum Gasteiger partial charge on any atom is 0.212 e. The molecule has 0 heterocycles. The lowest BCUT2D eigenvalue weighted by molar-refractivity contribution is 0.571. The molecular weight excluding hydrogens is 269 g/mol. The van der Waals surface area contributed by atoms with E-state index in [0.29, 0.717) is 0 Å². The first kappa shape index (κ1) is 14.0. The zero-order valence-electron chi connectivity index (χ0n) is 10.3. The van der Waals surface area contributed by atoms with E-state index in [1.165, 1.54) is 12.1 Å². The van der Waals surface area contributed by atoms with E-state index in [-0.39, 0.29) is 35.2 Å². The van der Waals surface area contributed by atoms with E-state index in [2.05, 4.69) is 4.72 Å². The Kier molecular flexibility index (Phi) is 3.86. The summed E-state index contributed by atoms with van der Waals surface area (Å²) in [5.41, 5.74) is 5.76. The zero-order chi connectivity index (χ0) is 14.0. The molecule has 0 aromatic heterocycles. The molecule has 5 nitrogen and oxygen atoms in total. The summed E-state index contributed by atoms with van der Waals surface area (Å²) in [5.74, 6) is -0.427. The van der Waals surface area contributed by atoms with E-state index in [0.717, 1.165) is 18.9 Å². The Morgan fingerprint density at radius 2 is 2.16 bits per heavy atom. The largest absolute Gasteiger partial charge is 0.384 e. The minimum Gasteiger partial charge on any atom is -0.384 e. The van der Waals surface area contributed by atoms with Crippen molar-refractivity contribution in [3.63, 3.8) is 0 Å². The van der Waals surface area contributed by atoms with Crippen molar-refractivity contribution >= 4 is 15.9 Å². The third-order valence-corrected chi connectivity index (χ3v) is 4.49. The van der Waals surface area contributed by atoms with Gasteiger partial charge < -0.3 is 5.73 Å². The number of amidine groups is 1. The number of nitrogen functional groups attached to an aromatic ring is 1. The first-order chi connectivity index (χ1) is 8.87. The third-order valence-electron chi connectivity index (χ3n) is 3.00. The van der Waals surface area contributed by atoms with Crippen LogP contribution >= 0.6 is 0 Å². The van der Waals surface area contributed by atoms with Gasteiger partial charge in [-0.1, -0.05) is 12.1 Å². The highest BCUT2D eigenvalue weighted by Gasteiger charge is 2.27. The molecule has 0 radical (unpaired) electrons. The predicted molar refractivity (Wildman–Crippen MR) is 70.8 cm³/mol. The van der Waals surface area contributed by atoms with Gasteiger partial charge in [-0.2, -0.15) is 0 Å². The van der Waals surface area contributed by atoms with Crippen molar-refractivity contribution in [3.8, 4) is 0 Å². The van der Waals surface area contributed by atoms with Gasteiger partial charge in [0.05, 0.1) is 5.75 Å². The quantitative estimate of drug-likeness (QED) is 0.536. The molecule has 1 aromatic rings. The summed E-state index contributed by atoms with van der Waals surface area (Å²) in [5, 5.41) is 7.19. The van der Waals surface area contributed by atoms with Crippen LogP contribution in [0.1, 0.15) is 24.0 Å². The zero-order valence-corrected chi connectivity index (χ0v) is 11.1. The lowest BCUT2D eigenvalue weighted by atomic mass is 10.1. The van der Waals surface area contributed by atoms with Crippen LogP contribution in [0.2, 0.25) is 0 Å². The summed E-state index contributed by atoms with van der Waals surface area (Å²) in [6.07, 6.45) is 1.89. The van der Waals surface area contributed by atoms with Crippen LogP contribution in [0.25, 0.3) is 0 Å². The van der Waals surface area contributed by atoms with Crippen molar-refractivity contribution in [2.75, 3.05) is 5.75 Å². The molecule has 0 spiro atoms. The van der Waals surface area contributed by atoms with Gasteiger partial charge >= 0.3 is 0 Å². The standard InChI is InChI=1S/C12H16FN3O2S/c13-11-5-9(12(14)15)3-4-10(11)6-16-19(17,18)7-8-1-2-8/h3-5,8,16H,1-2,6-7H2,(H3,14,15). The number of benzene rings is 1. The SMILES string of the molecule is N=C(N)c1ccc(CNS(=O)(=O)CC2CC2)c(F)c1. The number of sulfonamides is 1. The number of halogens is 1. The summed E-state index contributed by atoms with van der Waals surface area (Å²) in [7, 11) is -3.34. The minimum atomic E-state index is -3.34. The summed E-state index contributed by atoms with van der Waals surface area (Å²) in [4.78, 5) is 0.